The molecule has 1 fully saturated rings. The van der Waals surface area contributed by atoms with Crippen LogP contribution in [0.3, 0.4) is 0 Å². The van der Waals surface area contributed by atoms with Crippen molar-refractivity contribution in [1.82, 2.24) is 0 Å². The predicted octanol–water partition coefficient (Wildman–Crippen LogP) is 1.91. The Balaban J connectivity index is 2.33. The number of rotatable bonds is 1. The Hall–Kier alpha value is 0.200. The normalized spacial score (nSPS) is 32.2. The largest absolute Gasteiger partial charge is 0.461 e. The molecule has 0 N–H and O–H groups in total. The predicted molar refractivity (Wildman–Crippen MR) is 47.2 cm³/mol. The van der Waals surface area contributed by atoms with Gasteiger partial charge in [0.05, 0.1) is 0 Å². The van der Waals surface area contributed by atoms with Gasteiger partial charge >= 0.3 is 5.97 Å². The monoisotopic (exact) mass is 254 g/mol. The smallest absolute Gasteiger partial charge is 0.302 e. The first-order chi connectivity index (χ1) is 4.70. The van der Waals surface area contributed by atoms with Crippen molar-refractivity contribution in [3.05, 3.63) is 0 Å². The van der Waals surface area contributed by atoms with Gasteiger partial charge in [-0.2, -0.15) is 0 Å². The molecule has 1 aliphatic carbocycles. The molecule has 1 aliphatic rings. The van der Waals surface area contributed by atoms with Crippen molar-refractivity contribution in [1.29, 1.82) is 0 Å². The minimum absolute atomic E-state index is 0.145. The number of esters is 1. The molecule has 0 aromatic carbocycles. The van der Waals surface area contributed by atoms with E-state index in [1.54, 1.807) is 0 Å². The van der Waals surface area contributed by atoms with Gasteiger partial charge < -0.3 is 4.74 Å². The van der Waals surface area contributed by atoms with Crippen LogP contribution >= 0.6 is 22.6 Å². The maximum absolute atomic E-state index is 10.5. The lowest BCUT2D eigenvalue weighted by Gasteiger charge is -2.12. The summed E-state index contributed by atoms with van der Waals surface area (Å²) >= 11 is 2.35. The molecule has 0 bridgehead atoms. The Kier molecular flexibility index (Phi) is 2.95. The Labute approximate surface area is 74.5 Å². The molecule has 0 aliphatic heterocycles. The fourth-order valence-corrected chi connectivity index (χ4v) is 2.17. The summed E-state index contributed by atoms with van der Waals surface area (Å²) < 4.78 is 5.62. The Morgan fingerprint density at radius 1 is 1.60 bits per heavy atom. The third kappa shape index (κ3) is 2.11. The summed E-state index contributed by atoms with van der Waals surface area (Å²) in [5.41, 5.74) is 0. The standard InChI is InChI=1S/C7H11IO2/c1-5(9)10-7-4-2-3-6(7)8/h6-7H,2-4H2,1H3. The zero-order valence-electron chi connectivity index (χ0n) is 5.97. The van der Waals surface area contributed by atoms with E-state index >= 15 is 0 Å². The van der Waals surface area contributed by atoms with Crippen LogP contribution in [0.25, 0.3) is 0 Å². The van der Waals surface area contributed by atoms with E-state index in [-0.39, 0.29) is 12.1 Å². The topological polar surface area (TPSA) is 26.3 Å². The molecule has 2 unspecified atom stereocenters. The fraction of sp³-hybridized carbons (Fsp3) is 0.857. The first-order valence-corrected chi connectivity index (χ1v) is 4.76. The molecule has 2 nitrogen and oxygen atoms in total. The zero-order chi connectivity index (χ0) is 7.56. The summed E-state index contributed by atoms with van der Waals surface area (Å²) in [6.07, 6.45) is 3.63. The van der Waals surface area contributed by atoms with Gasteiger partial charge in [0.2, 0.25) is 0 Å². The molecule has 0 spiro atoms. The maximum atomic E-state index is 10.5. The molecular formula is C7H11IO2. The van der Waals surface area contributed by atoms with E-state index in [1.807, 2.05) is 0 Å². The highest BCUT2D eigenvalue weighted by atomic mass is 127. The molecule has 0 heterocycles. The van der Waals surface area contributed by atoms with Crippen LogP contribution in [0.1, 0.15) is 26.2 Å². The maximum Gasteiger partial charge on any atom is 0.302 e. The van der Waals surface area contributed by atoms with Gasteiger partial charge in [-0.25, -0.2) is 0 Å². The number of hydrogen-bond acceptors (Lipinski definition) is 2. The first kappa shape index (κ1) is 8.30. The zero-order valence-corrected chi connectivity index (χ0v) is 8.13. The van der Waals surface area contributed by atoms with Crippen molar-refractivity contribution in [2.75, 3.05) is 0 Å². The third-order valence-electron chi connectivity index (χ3n) is 1.69. The van der Waals surface area contributed by atoms with Gasteiger partial charge in [0.1, 0.15) is 6.10 Å². The van der Waals surface area contributed by atoms with E-state index in [9.17, 15) is 4.79 Å². The van der Waals surface area contributed by atoms with Crippen LogP contribution in [0.15, 0.2) is 0 Å². The average molecular weight is 254 g/mol. The van der Waals surface area contributed by atoms with Crippen molar-refractivity contribution in [2.45, 2.75) is 36.2 Å². The lowest BCUT2D eigenvalue weighted by atomic mass is 10.3. The third-order valence-corrected chi connectivity index (χ3v) is 3.11. The highest BCUT2D eigenvalue weighted by molar-refractivity contribution is 14.1. The average Bonchev–Trinajstić information content (AvgIpc) is 2.15. The number of alkyl halides is 1. The summed E-state index contributed by atoms with van der Waals surface area (Å²) in [7, 11) is 0. The number of ether oxygens (including phenoxy) is 1. The molecule has 1 saturated carbocycles. The molecule has 0 aromatic rings. The number of hydrogen-bond donors (Lipinski definition) is 0. The Morgan fingerprint density at radius 3 is 2.70 bits per heavy atom. The molecular weight excluding hydrogens is 243 g/mol. The van der Waals surface area contributed by atoms with Gasteiger partial charge in [-0.05, 0) is 19.3 Å². The van der Waals surface area contributed by atoms with E-state index < -0.39 is 0 Å². The van der Waals surface area contributed by atoms with E-state index in [2.05, 4.69) is 22.6 Å². The number of carbonyl (C=O) groups excluding carboxylic acids is 1. The molecule has 0 amide bonds. The fourth-order valence-electron chi connectivity index (χ4n) is 1.23. The van der Waals surface area contributed by atoms with Crippen molar-refractivity contribution in [2.24, 2.45) is 0 Å². The van der Waals surface area contributed by atoms with Gasteiger partial charge in [-0.3, -0.25) is 4.79 Å². The lowest BCUT2D eigenvalue weighted by molar-refractivity contribution is -0.145. The molecule has 0 aromatic heterocycles. The molecule has 3 heteroatoms. The highest BCUT2D eigenvalue weighted by Gasteiger charge is 2.26. The second-order valence-electron chi connectivity index (χ2n) is 2.59. The van der Waals surface area contributed by atoms with Gasteiger partial charge in [0.25, 0.3) is 0 Å². The molecule has 1 rings (SSSR count). The molecule has 0 saturated heterocycles. The van der Waals surface area contributed by atoms with Crippen LogP contribution in [0, 0.1) is 0 Å². The summed E-state index contributed by atoms with van der Waals surface area (Å²) in [6, 6.07) is 0. The van der Waals surface area contributed by atoms with Crippen LogP contribution in [0.2, 0.25) is 0 Å². The minimum atomic E-state index is -0.145. The van der Waals surface area contributed by atoms with Gasteiger partial charge in [0.15, 0.2) is 0 Å². The van der Waals surface area contributed by atoms with E-state index in [0.717, 1.165) is 6.42 Å². The Bertz CT molecular complexity index is 136. The molecule has 10 heavy (non-hydrogen) atoms. The van der Waals surface area contributed by atoms with E-state index in [0.29, 0.717) is 3.92 Å². The second kappa shape index (κ2) is 3.55. The van der Waals surface area contributed by atoms with Crippen LogP contribution in [-0.2, 0) is 9.53 Å². The van der Waals surface area contributed by atoms with Crippen molar-refractivity contribution in [3.8, 4) is 0 Å². The summed E-state index contributed by atoms with van der Waals surface area (Å²) in [6.45, 7) is 1.47. The number of halogens is 1. The molecule has 2 atom stereocenters. The highest BCUT2D eigenvalue weighted by Crippen LogP contribution is 2.28. The molecule has 0 radical (unpaired) electrons. The Morgan fingerprint density at radius 2 is 2.30 bits per heavy atom. The van der Waals surface area contributed by atoms with Crippen LogP contribution in [-0.4, -0.2) is 16.0 Å². The van der Waals surface area contributed by atoms with Crippen LogP contribution in [0.4, 0.5) is 0 Å². The van der Waals surface area contributed by atoms with Gasteiger partial charge in [-0.1, -0.05) is 22.6 Å². The summed E-state index contributed by atoms with van der Waals surface area (Å²) in [5.74, 6) is -0.145. The summed E-state index contributed by atoms with van der Waals surface area (Å²) in [5, 5.41) is 0. The van der Waals surface area contributed by atoms with Crippen molar-refractivity contribution in [3.63, 3.8) is 0 Å². The lowest BCUT2D eigenvalue weighted by Crippen LogP contribution is -2.20. The van der Waals surface area contributed by atoms with Crippen molar-refractivity contribution >= 4 is 28.6 Å². The molecule has 58 valence electrons. The van der Waals surface area contributed by atoms with Crippen LogP contribution in [0.5, 0.6) is 0 Å². The van der Waals surface area contributed by atoms with Crippen LogP contribution < -0.4 is 0 Å². The van der Waals surface area contributed by atoms with Crippen molar-refractivity contribution < 1.29 is 9.53 Å². The quantitative estimate of drug-likeness (QED) is 0.406. The van der Waals surface area contributed by atoms with Gasteiger partial charge in [0, 0.05) is 10.8 Å². The second-order valence-corrected chi connectivity index (χ2v) is 4.19. The summed E-state index contributed by atoms with van der Waals surface area (Å²) in [4.78, 5) is 10.5. The SMILES string of the molecule is CC(=O)OC1CCCC1I. The minimum Gasteiger partial charge on any atom is -0.461 e. The van der Waals surface area contributed by atoms with E-state index in [1.165, 1.54) is 19.8 Å². The number of carbonyl (C=O) groups is 1. The van der Waals surface area contributed by atoms with Gasteiger partial charge in [-0.15, -0.1) is 0 Å². The van der Waals surface area contributed by atoms with E-state index in [4.69, 9.17) is 4.74 Å². The first-order valence-electron chi connectivity index (χ1n) is 3.51.